The maximum atomic E-state index is 12.6. The summed E-state index contributed by atoms with van der Waals surface area (Å²) in [6.45, 7) is 7.22. The van der Waals surface area contributed by atoms with Crippen molar-refractivity contribution < 1.29 is 23.7 Å². The van der Waals surface area contributed by atoms with Gasteiger partial charge in [-0.1, -0.05) is 25.4 Å². The van der Waals surface area contributed by atoms with Crippen LogP contribution in [-0.4, -0.2) is 29.8 Å². The van der Waals surface area contributed by atoms with E-state index in [1.54, 1.807) is 7.11 Å². The molecule has 9 heteroatoms. The molecule has 0 radical (unpaired) electrons. The molecule has 3 N–H and O–H groups in total. The molecule has 1 aliphatic rings. The monoisotopic (exact) mass is 566 g/mol. The Morgan fingerprint density at radius 2 is 2.00 bits per heavy atom. The van der Waals surface area contributed by atoms with Crippen molar-refractivity contribution in [2.24, 2.45) is 11.7 Å². The lowest BCUT2D eigenvalue weighted by atomic mass is 9.97. The highest BCUT2D eigenvalue weighted by molar-refractivity contribution is 9.10. The molecule has 0 fully saturated rings. The first-order valence-corrected chi connectivity index (χ1v) is 12.3. The van der Waals surface area contributed by atoms with E-state index in [0.29, 0.717) is 30.6 Å². The van der Waals surface area contributed by atoms with Gasteiger partial charge in [0, 0.05) is 29.1 Å². The number of hydrogen-bond acceptors (Lipinski definition) is 6. The summed E-state index contributed by atoms with van der Waals surface area (Å²) in [7, 11) is 1.63. The lowest BCUT2D eigenvalue weighted by Crippen LogP contribution is -2.29. The van der Waals surface area contributed by atoms with E-state index in [1.165, 1.54) is 12.1 Å². The summed E-state index contributed by atoms with van der Waals surface area (Å²) in [6, 6.07) is 8.85. The number of aromatic hydroxyl groups is 1. The van der Waals surface area contributed by atoms with Gasteiger partial charge < -0.3 is 25.1 Å². The molecule has 188 valence electrons. The Morgan fingerprint density at radius 1 is 1.26 bits per heavy atom. The topological polar surface area (TPSA) is 86.8 Å². The fraction of sp³-hybridized carbons (Fsp3) is 0.346. The number of benzene rings is 2. The molecule has 0 unspecified atom stereocenters. The molecule has 2 aromatic carbocycles. The van der Waals surface area contributed by atoms with E-state index in [9.17, 15) is 4.39 Å². The minimum Gasteiger partial charge on any atom is -0.504 e. The molecule has 1 aromatic heterocycles. The normalized spacial score (nSPS) is 12.6. The molecule has 0 amide bonds. The molecule has 1 aliphatic heterocycles. The van der Waals surface area contributed by atoms with Crippen LogP contribution in [0.4, 0.5) is 4.39 Å². The van der Waals surface area contributed by atoms with Gasteiger partial charge in [-0.05, 0) is 71.1 Å². The smallest absolute Gasteiger partial charge is 0.203 e. The van der Waals surface area contributed by atoms with Crippen LogP contribution in [0.5, 0.6) is 23.0 Å². The van der Waals surface area contributed by atoms with Gasteiger partial charge in [0.1, 0.15) is 13.2 Å². The molecule has 0 saturated carbocycles. The number of phenols is 1. The highest BCUT2D eigenvalue weighted by atomic mass is 79.9. The second-order valence-corrected chi connectivity index (χ2v) is 9.90. The van der Waals surface area contributed by atoms with Gasteiger partial charge in [0.15, 0.2) is 23.1 Å². The van der Waals surface area contributed by atoms with E-state index in [-0.39, 0.29) is 15.5 Å². The second-order valence-electron chi connectivity index (χ2n) is 8.64. The Hall–Kier alpha value is -2.55. The van der Waals surface area contributed by atoms with Crippen LogP contribution < -0.4 is 19.9 Å². The van der Waals surface area contributed by atoms with Crippen LogP contribution in [0, 0.1) is 18.7 Å². The van der Waals surface area contributed by atoms with Gasteiger partial charge in [0.05, 0.1) is 16.6 Å². The van der Waals surface area contributed by atoms with Crippen molar-refractivity contribution in [3.8, 4) is 34.1 Å². The number of aryl methyl sites for hydroxylation is 1. The van der Waals surface area contributed by atoms with Crippen molar-refractivity contribution in [1.82, 2.24) is 4.98 Å². The molecular formula is C26H29BrClFN2O4. The first-order valence-electron chi connectivity index (χ1n) is 11.1. The summed E-state index contributed by atoms with van der Waals surface area (Å²) in [6.07, 6.45) is 2.79. The van der Waals surface area contributed by atoms with Gasteiger partial charge in [-0.25, -0.2) is 4.39 Å². The zero-order valence-electron chi connectivity index (χ0n) is 20.1. The lowest BCUT2D eigenvalue weighted by Gasteiger charge is -2.24. The summed E-state index contributed by atoms with van der Waals surface area (Å²) in [5.41, 5.74) is 10.3. The standard InChI is InChI=1S/C20H26N2O3.C6H3BrClFO/c1-12(2)7-15(21)11-24-18-6-5-16-17-8-13(3)22-9-14(17)10-25-19(16)20(18)23-4;7-3-1-2-4(8)6(10)5(3)9/h5-6,8-9,12,15H,7,10-11,21H2,1-4H3;1-2,10H/t15-;/m0./s1. The van der Waals surface area contributed by atoms with E-state index in [1.807, 2.05) is 25.3 Å². The van der Waals surface area contributed by atoms with Gasteiger partial charge >= 0.3 is 0 Å². The number of aromatic nitrogens is 1. The van der Waals surface area contributed by atoms with E-state index in [4.69, 9.17) is 36.7 Å². The lowest BCUT2D eigenvalue weighted by molar-refractivity contribution is 0.243. The van der Waals surface area contributed by atoms with Crippen molar-refractivity contribution in [3.05, 3.63) is 63.1 Å². The minimum atomic E-state index is -0.729. The molecule has 0 saturated heterocycles. The van der Waals surface area contributed by atoms with Crippen molar-refractivity contribution >= 4 is 27.5 Å². The van der Waals surface area contributed by atoms with E-state index < -0.39 is 11.6 Å². The Bertz CT molecular complexity index is 1170. The molecule has 2 heterocycles. The molecule has 6 nitrogen and oxygen atoms in total. The number of halogens is 3. The number of methoxy groups -OCH3 is 1. The van der Waals surface area contributed by atoms with Crippen LogP contribution in [0.3, 0.4) is 0 Å². The van der Waals surface area contributed by atoms with Gasteiger partial charge in [-0.3, -0.25) is 4.98 Å². The van der Waals surface area contributed by atoms with Crippen molar-refractivity contribution in [2.75, 3.05) is 13.7 Å². The number of pyridine rings is 1. The van der Waals surface area contributed by atoms with E-state index in [2.05, 4.69) is 40.8 Å². The van der Waals surface area contributed by atoms with Gasteiger partial charge in [-0.2, -0.15) is 0 Å². The van der Waals surface area contributed by atoms with Crippen LogP contribution >= 0.6 is 27.5 Å². The fourth-order valence-electron chi connectivity index (χ4n) is 3.70. The largest absolute Gasteiger partial charge is 0.504 e. The Labute approximate surface area is 218 Å². The molecule has 0 bridgehead atoms. The predicted octanol–water partition coefficient (Wildman–Crippen LogP) is 6.66. The SMILES string of the molecule is COc1c(OC[C@@H](N)CC(C)C)ccc2c1OCc1cnc(C)cc1-2.Oc1c(Cl)ccc(Br)c1F. The maximum absolute atomic E-state index is 12.6. The fourth-order valence-corrected chi connectivity index (χ4v) is 4.16. The Kier molecular flexibility index (Phi) is 9.21. The number of rotatable bonds is 6. The molecule has 3 aromatic rings. The molecule has 1 atom stereocenters. The number of phenolic OH excluding ortho intramolecular Hbond substituents is 1. The van der Waals surface area contributed by atoms with Crippen molar-refractivity contribution in [3.63, 3.8) is 0 Å². The highest BCUT2D eigenvalue weighted by Crippen LogP contribution is 2.48. The summed E-state index contributed by atoms with van der Waals surface area (Å²) < 4.78 is 30.3. The Morgan fingerprint density at radius 3 is 2.66 bits per heavy atom. The number of nitrogens with two attached hydrogens (primary N) is 1. The summed E-state index contributed by atoms with van der Waals surface area (Å²) >= 11 is 8.26. The molecule has 4 rings (SSSR count). The third-order valence-electron chi connectivity index (χ3n) is 5.31. The van der Waals surface area contributed by atoms with E-state index in [0.717, 1.165) is 34.6 Å². The third-order valence-corrected chi connectivity index (χ3v) is 6.23. The van der Waals surface area contributed by atoms with Gasteiger partial charge in [-0.15, -0.1) is 0 Å². The number of nitrogens with zero attached hydrogens (tertiary/aromatic N) is 1. The average molecular weight is 568 g/mol. The van der Waals surface area contributed by atoms with Crippen LogP contribution in [0.1, 0.15) is 31.5 Å². The number of ether oxygens (including phenoxy) is 3. The minimum absolute atomic E-state index is 0.00360. The van der Waals surface area contributed by atoms with Crippen LogP contribution in [0.25, 0.3) is 11.1 Å². The molecular weight excluding hydrogens is 539 g/mol. The van der Waals surface area contributed by atoms with Crippen LogP contribution in [0.2, 0.25) is 5.02 Å². The summed E-state index contributed by atoms with van der Waals surface area (Å²) in [4.78, 5) is 4.35. The van der Waals surface area contributed by atoms with E-state index >= 15 is 0 Å². The quantitative estimate of drug-likeness (QED) is 0.324. The average Bonchev–Trinajstić information content (AvgIpc) is 2.83. The van der Waals surface area contributed by atoms with Crippen molar-refractivity contribution in [2.45, 2.75) is 39.8 Å². The molecule has 35 heavy (non-hydrogen) atoms. The van der Waals surface area contributed by atoms with Gasteiger partial charge in [0.25, 0.3) is 0 Å². The zero-order valence-corrected chi connectivity index (χ0v) is 22.4. The van der Waals surface area contributed by atoms with Crippen molar-refractivity contribution in [1.29, 1.82) is 0 Å². The zero-order chi connectivity index (χ0) is 25.7. The Balaban J connectivity index is 0.000000287. The highest BCUT2D eigenvalue weighted by Gasteiger charge is 2.24. The number of hydrogen-bond donors (Lipinski definition) is 2. The second kappa shape index (κ2) is 11.9. The number of fused-ring (bicyclic) bond motifs is 3. The summed E-state index contributed by atoms with van der Waals surface area (Å²) in [5, 5.41) is 8.86. The first kappa shape index (κ1) is 27.0. The first-order chi connectivity index (χ1) is 16.6. The van der Waals surface area contributed by atoms with Crippen LogP contribution in [-0.2, 0) is 6.61 Å². The molecule has 0 aliphatic carbocycles. The third kappa shape index (κ3) is 6.57. The summed E-state index contributed by atoms with van der Waals surface area (Å²) in [5.74, 6) is 1.30. The van der Waals surface area contributed by atoms with Crippen LogP contribution in [0.15, 0.2) is 41.0 Å². The predicted molar refractivity (Wildman–Crippen MR) is 139 cm³/mol. The maximum Gasteiger partial charge on any atom is 0.203 e. The van der Waals surface area contributed by atoms with Gasteiger partial charge in [0.2, 0.25) is 5.75 Å². The molecule has 0 spiro atoms.